The third kappa shape index (κ3) is 8.06. The highest BCUT2D eigenvalue weighted by atomic mass is 35.5. The number of nitrogens with zero attached hydrogens (tertiary/aromatic N) is 4. The molecule has 0 fully saturated rings. The second kappa shape index (κ2) is 14.8. The molecule has 2 aromatic carbocycles. The van der Waals surface area contributed by atoms with Crippen LogP contribution in [0.1, 0.15) is 58.9 Å². The number of hydrogen-bond acceptors (Lipinski definition) is 8. The summed E-state index contributed by atoms with van der Waals surface area (Å²) in [6.07, 6.45) is 0.667. The Kier molecular flexibility index (Phi) is 11.0. The second-order valence-electron chi connectivity index (χ2n) is 13.5. The number of amides is 3. The molecular weight excluding hydrogens is 667 g/mol. The first-order valence-corrected chi connectivity index (χ1v) is 17.1. The van der Waals surface area contributed by atoms with Crippen molar-refractivity contribution in [2.75, 3.05) is 39.0 Å². The number of likely N-dealkylation sites (N-methyl/N-ethyl adjacent to an activating group) is 1. The van der Waals surface area contributed by atoms with E-state index in [-0.39, 0.29) is 17.9 Å². The van der Waals surface area contributed by atoms with Crippen LogP contribution in [0.4, 0.5) is 10.5 Å². The van der Waals surface area contributed by atoms with E-state index in [1.807, 2.05) is 83.9 Å². The molecule has 1 atom stereocenters. The van der Waals surface area contributed by atoms with Gasteiger partial charge < -0.3 is 34.5 Å². The normalized spacial score (nSPS) is 15.3. The zero-order valence-electron chi connectivity index (χ0n) is 29.1. The minimum atomic E-state index is -0.569. The Balaban J connectivity index is 1.29. The van der Waals surface area contributed by atoms with Gasteiger partial charge in [-0.05, 0) is 59.4 Å². The predicted octanol–water partition coefficient (Wildman–Crippen LogP) is 6.94. The maximum absolute atomic E-state index is 13.5. The van der Waals surface area contributed by atoms with Gasteiger partial charge in [0.25, 0.3) is 0 Å². The molecular formula is C36H44Cl2N6O5. The molecule has 2 aliphatic rings. The van der Waals surface area contributed by atoms with E-state index in [4.69, 9.17) is 32.4 Å². The highest BCUT2D eigenvalue weighted by Crippen LogP contribution is 2.42. The molecule has 2 N–H and O–H groups in total. The lowest BCUT2D eigenvalue weighted by molar-refractivity contribution is -0.131. The summed E-state index contributed by atoms with van der Waals surface area (Å²) in [4.78, 5) is 48.6. The van der Waals surface area contributed by atoms with E-state index in [0.29, 0.717) is 89.6 Å². The standard InChI is InChI=1S/C36H44Cl2N6O5/c1-21-18-43(35(47)49-36(3,4)5)17-15-28(21)42(7)22(2)33(46)40-26-13-9-11-24(32(26)38)23-10-8-12-25(31(23)37)34-41-27-19-44(20-29(27)48-34)30(45)14-16-39-6/h8-13,22,39H,14-20H2,1-7H3,(H,40,46). The maximum Gasteiger partial charge on any atom is 0.410 e. The van der Waals surface area contributed by atoms with Crippen molar-refractivity contribution in [2.45, 2.75) is 72.2 Å². The summed E-state index contributed by atoms with van der Waals surface area (Å²) in [5, 5.41) is 6.74. The number of benzene rings is 2. The minimum Gasteiger partial charge on any atom is -0.444 e. The molecule has 5 rings (SSSR count). The molecule has 1 aromatic heterocycles. The van der Waals surface area contributed by atoms with E-state index < -0.39 is 11.6 Å². The Morgan fingerprint density at radius 3 is 2.35 bits per heavy atom. The SMILES string of the molecule is CNCCC(=O)N1Cc2nc(-c3cccc(-c4cccc(NC(=O)C(C)N(C)C5=C(C)CN(C(=O)OC(C)(C)C)CC5)c4Cl)c3Cl)oc2C1. The van der Waals surface area contributed by atoms with Crippen LogP contribution in [0.5, 0.6) is 0 Å². The van der Waals surface area contributed by atoms with Gasteiger partial charge in [-0.15, -0.1) is 0 Å². The van der Waals surface area contributed by atoms with Crippen molar-refractivity contribution in [3.05, 3.63) is 69.2 Å². The summed E-state index contributed by atoms with van der Waals surface area (Å²) in [5.41, 5.74) is 4.51. The summed E-state index contributed by atoms with van der Waals surface area (Å²) in [5.74, 6) is 0.831. The van der Waals surface area contributed by atoms with Crippen LogP contribution >= 0.6 is 23.2 Å². The van der Waals surface area contributed by atoms with Gasteiger partial charge in [0.2, 0.25) is 17.7 Å². The van der Waals surface area contributed by atoms with Gasteiger partial charge in [-0.2, -0.15) is 0 Å². The van der Waals surface area contributed by atoms with Crippen LogP contribution in [0.15, 0.2) is 52.1 Å². The lowest BCUT2D eigenvalue weighted by Gasteiger charge is -2.37. The number of fused-ring (bicyclic) bond motifs is 1. The Hall–Kier alpha value is -4.06. The third-order valence-electron chi connectivity index (χ3n) is 8.75. The van der Waals surface area contributed by atoms with Crippen LogP contribution in [-0.4, -0.2) is 83.0 Å². The molecule has 0 bridgehead atoms. The number of anilines is 1. The number of carbonyl (C=O) groups is 3. The Bertz CT molecular complexity index is 1760. The quantitative estimate of drug-likeness (QED) is 0.245. The van der Waals surface area contributed by atoms with E-state index in [2.05, 4.69) is 15.6 Å². The number of hydrogen-bond donors (Lipinski definition) is 2. The molecule has 11 nitrogen and oxygen atoms in total. The summed E-state index contributed by atoms with van der Waals surface area (Å²) < 4.78 is 11.6. The van der Waals surface area contributed by atoms with Crippen molar-refractivity contribution < 1.29 is 23.5 Å². The molecule has 3 aromatic rings. The topological polar surface area (TPSA) is 120 Å². The zero-order chi connectivity index (χ0) is 35.6. The highest BCUT2D eigenvalue weighted by molar-refractivity contribution is 6.39. The first kappa shape index (κ1) is 36.2. The van der Waals surface area contributed by atoms with Gasteiger partial charge in [0, 0.05) is 56.3 Å². The molecule has 0 spiro atoms. The number of rotatable bonds is 9. The molecule has 3 heterocycles. The fraction of sp³-hybridized carbons (Fsp3) is 0.444. The van der Waals surface area contributed by atoms with Gasteiger partial charge in [-0.25, -0.2) is 9.78 Å². The van der Waals surface area contributed by atoms with Gasteiger partial charge in [0.1, 0.15) is 23.1 Å². The lowest BCUT2D eigenvalue weighted by Crippen LogP contribution is -2.45. The van der Waals surface area contributed by atoms with Crippen LogP contribution in [0.25, 0.3) is 22.6 Å². The molecule has 0 saturated carbocycles. The van der Waals surface area contributed by atoms with Gasteiger partial charge in [0.15, 0.2) is 0 Å². The fourth-order valence-electron chi connectivity index (χ4n) is 5.98. The zero-order valence-corrected chi connectivity index (χ0v) is 30.6. The number of carbonyl (C=O) groups excluding carboxylic acids is 3. The largest absolute Gasteiger partial charge is 0.444 e. The predicted molar refractivity (Wildman–Crippen MR) is 191 cm³/mol. The lowest BCUT2D eigenvalue weighted by atomic mass is 10.0. The van der Waals surface area contributed by atoms with E-state index in [9.17, 15) is 14.4 Å². The summed E-state index contributed by atoms with van der Waals surface area (Å²) in [6, 6.07) is 10.4. The third-order valence-corrected chi connectivity index (χ3v) is 9.56. The molecule has 3 amide bonds. The van der Waals surface area contributed by atoms with E-state index in [1.165, 1.54) is 0 Å². The Labute approximate surface area is 297 Å². The highest BCUT2D eigenvalue weighted by Gasteiger charge is 2.31. The van der Waals surface area contributed by atoms with Crippen molar-refractivity contribution in [1.29, 1.82) is 0 Å². The number of halogens is 2. The number of oxazole rings is 1. The maximum atomic E-state index is 13.5. The van der Waals surface area contributed by atoms with Crippen molar-refractivity contribution in [1.82, 2.24) is 25.0 Å². The molecule has 1 unspecified atom stereocenters. The Morgan fingerprint density at radius 2 is 1.69 bits per heavy atom. The fourth-order valence-corrected chi connectivity index (χ4v) is 6.56. The summed E-state index contributed by atoms with van der Waals surface area (Å²) in [7, 11) is 3.70. The van der Waals surface area contributed by atoms with E-state index in [1.54, 1.807) is 15.9 Å². The molecule has 0 radical (unpaired) electrons. The molecule has 49 heavy (non-hydrogen) atoms. The number of ether oxygens (including phenoxy) is 1. The monoisotopic (exact) mass is 710 g/mol. The van der Waals surface area contributed by atoms with Crippen LogP contribution < -0.4 is 10.6 Å². The first-order valence-electron chi connectivity index (χ1n) is 16.4. The average molecular weight is 712 g/mol. The second-order valence-corrected chi connectivity index (χ2v) is 14.2. The molecule has 0 saturated heterocycles. The summed E-state index contributed by atoms with van der Waals surface area (Å²) >= 11 is 13.9. The Morgan fingerprint density at radius 1 is 1.02 bits per heavy atom. The first-order chi connectivity index (χ1) is 23.2. The molecule has 13 heteroatoms. The minimum absolute atomic E-state index is 0.0413. The van der Waals surface area contributed by atoms with Gasteiger partial charge in [-0.1, -0.05) is 47.5 Å². The van der Waals surface area contributed by atoms with Gasteiger partial charge >= 0.3 is 6.09 Å². The van der Waals surface area contributed by atoms with Crippen molar-refractivity contribution in [2.24, 2.45) is 0 Å². The molecule has 2 aliphatic heterocycles. The van der Waals surface area contributed by atoms with E-state index >= 15 is 0 Å². The number of aromatic nitrogens is 1. The van der Waals surface area contributed by atoms with E-state index in [0.717, 1.165) is 17.0 Å². The average Bonchev–Trinajstić information content (AvgIpc) is 3.63. The molecule has 0 aliphatic carbocycles. The number of nitrogens with one attached hydrogen (secondary N) is 2. The van der Waals surface area contributed by atoms with Crippen molar-refractivity contribution in [3.8, 4) is 22.6 Å². The van der Waals surface area contributed by atoms with Gasteiger partial charge in [-0.3, -0.25) is 9.59 Å². The van der Waals surface area contributed by atoms with Crippen molar-refractivity contribution >= 4 is 46.8 Å². The van der Waals surface area contributed by atoms with Crippen LogP contribution in [0.2, 0.25) is 10.0 Å². The van der Waals surface area contributed by atoms with Crippen LogP contribution in [0.3, 0.4) is 0 Å². The van der Waals surface area contributed by atoms with Crippen molar-refractivity contribution in [3.63, 3.8) is 0 Å². The van der Waals surface area contributed by atoms with Gasteiger partial charge in [0.05, 0.1) is 34.4 Å². The van der Waals surface area contributed by atoms with Crippen LogP contribution in [0, 0.1) is 0 Å². The summed E-state index contributed by atoms with van der Waals surface area (Å²) in [6.45, 7) is 11.6. The molecule has 262 valence electrons. The smallest absolute Gasteiger partial charge is 0.410 e. The van der Waals surface area contributed by atoms with Crippen LogP contribution in [-0.2, 0) is 27.4 Å².